The Kier molecular flexibility index (Phi) is 9.36. The van der Waals surface area contributed by atoms with Gasteiger partial charge in [0.2, 0.25) is 32.7 Å². The van der Waals surface area contributed by atoms with Crippen LogP contribution in [0, 0.1) is 17.3 Å². The van der Waals surface area contributed by atoms with Crippen molar-refractivity contribution in [2.24, 2.45) is 17.3 Å². The van der Waals surface area contributed by atoms with E-state index < -0.39 is 98.6 Å². The van der Waals surface area contributed by atoms with Crippen LogP contribution >= 0.6 is 0 Å². The van der Waals surface area contributed by atoms with E-state index >= 15 is 8.78 Å². The Morgan fingerprint density at radius 2 is 1.74 bits per heavy atom. The van der Waals surface area contributed by atoms with Gasteiger partial charge in [-0.05, 0) is 37.2 Å². The topological polar surface area (TPSA) is 142 Å². The number of piperidine rings is 2. The minimum atomic E-state index is -5.36. The number of nitrogens with one attached hydrogen (secondary N) is 3. The van der Waals surface area contributed by atoms with Crippen LogP contribution < -0.4 is 16.0 Å². The lowest BCUT2D eigenvalue weighted by atomic mass is 9.70. The molecule has 2 bridgehead atoms. The van der Waals surface area contributed by atoms with Crippen molar-refractivity contribution in [3.8, 4) is 0 Å². The molecule has 0 aromatic heterocycles. The third-order valence-corrected chi connectivity index (χ3v) is 8.66. The highest BCUT2D eigenvalue weighted by Gasteiger charge is 2.61. The maximum Gasteiger partial charge on any atom is 0.471 e. The van der Waals surface area contributed by atoms with Crippen LogP contribution in [0.5, 0.6) is 0 Å². The van der Waals surface area contributed by atoms with Crippen molar-refractivity contribution >= 4 is 33.5 Å². The number of carbonyl (C=O) groups is 4. The summed E-state index contributed by atoms with van der Waals surface area (Å²) in [4.78, 5) is 52.0. The Bertz CT molecular complexity index is 1250. The summed E-state index contributed by atoms with van der Waals surface area (Å²) < 4.78 is 107. The number of amides is 4. The Morgan fingerprint density at radius 1 is 1.12 bits per heavy atom. The molecular weight excluding hydrogens is 598 g/mol. The predicted molar refractivity (Wildman–Crippen MR) is 136 cm³/mol. The van der Waals surface area contributed by atoms with Crippen molar-refractivity contribution in [3.05, 3.63) is 11.2 Å². The van der Waals surface area contributed by atoms with Crippen LogP contribution in [0.3, 0.4) is 0 Å². The SMILES string of the molecule is CC(C)(C)[C@@H](NC(=O)C(F)(F)F)C(=O)N1[C@@H]2CC[C@H]([C@@H]1C(=O)N[C@@H](/C=C(\F)S(C)(=O)=O)C[C@H]1CCNC1=O)C(F)(F)C2. The summed E-state index contributed by atoms with van der Waals surface area (Å²) in [6.45, 7) is 4.31. The van der Waals surface area contributed by atoms with Gasteiger partial charge in [0.15, 0.2) is 0 Å². The lowest BCUT2D eigenvalue weighted by Crippen LogP contribution is -2.71. The van der Waals surface area contributed by atoms with Crippen molar-refractivity contribution in [2.75, 3.05) is 12.8 Å². The van der Waals surface area contributed by atoms with E-state index in [2.05, 4.69) is 10.6 Å². The molecule has 3 N–H and O–H groups in total. The Balaban J connectivity index is 2.00. The standard InChI is InChI=1S/C25H34F6N4O6S/c1-23(2,3)18(34-22(39)25(29,30)31)21(38)35-14-5-6-15(24(27,28)11-14)17(35)20(37)33-13(10-16(26)42(4,40)41)9-12-7-8-32-19(12)36/h10,12-15,17-18H,5-9,11H2,1-4H3,(H,32,36)(H,33,37)(H,34,39)/b16-10+/t12-,13-,14-,15-,17-,18+/m1/s1. The fourth-order valence-corrected chi connectivity index (χ4v) is 6.14. The first-order chi connectivity index (χ1) is 19.0. The lowest BCUT2D eigenvalue weighted by molar-refractivity contribution is -0.197. The molecule has 4 rings (SSSR count). The summed E-state index contributed by atoms with van der Waals surface area (Å²) >= 11 is 0. The highest BCUT2D eigenvalue weighted by atomic mass is 32.2. The maximum atomic E-state index is 15.1. The molecule has 3 heterocycles. The molecule has 3 saturated heterocycles. The molecule has 6 atom stereocenters. The number of fused-ring (bicyclic) bond motifs is 3. The second-order valence-corrected chi connectivity index (χ2v) is 14.1. The average Bonchev–Trinajstić information content (AvgIpc) is 3.22. The molecule has 0 aromatic carbocycles. The van der Waals surface area contributed by atoms with Gasteiger partial charge in [-0.15, -0.1) is 0 Å². The predicted octanol–water partition coefficient (Wildman–Crippen LogP) is 1.96. The lowest BCUT2D eigenvalue weighted by Gasteiger charge is -2.55. The molecular formula is C25H34F6N4O6S. The first-order valence-electron chi connectivity index (χ1n) is 13.3. The van der Waals surface area contributed by atoms with Gasteiger partial charge >= 0.3 is 12.1 Å². The molecule has 42 heavy (non-hydrogen) atoms. The molecule has 0 radical (unpaired) electrons. The van der Waals surface area contributed by atoms with Crippen LogP contribution in [0.15, 0.2) is 11.2 Å². The molecule has 0 unspecified atom stereocenters. The van der Waals surface area contributed by atoms with E-state index in [0.717, 1.165) is 4.90 Å². The van der Waals surface area contributed by atoms with E-state index in [-0.39, 0.29) is 32.2 Å². The van der Waals surface area contributed by atoms with Gasteiger partial charge < -0.3 is 20.9 Å². The highest BCUT2D eigenvalue weighted by Crippen LogP contribution is 2.49. The Hall–Kier alpha value is -2.85. The fraction of sp³-hybridized carbons (Fsp3) is 0.760. The van der Waals surface area contributed by atoms with Crippen molar-refractivity contribution in [3.63, 3.8) is 0 Å². The van der Waals surface area contributed by atoms with Gasteiger partial charge in [-0.2, -0.15) is 17.6 Å². The zero-order chi connectivity index (χ0) is 32.0. The maximum absolute atomic E-state index is 15.1. The highest BCUT2D eigenvalue weighted by molar-refractivity contribution is 7.94. The number of rotatable bonds is 8. The van der Waals surface area contributed by atoms with Gasteiger partial charge in [-0.25, -0.2) is 17.2 Å². The van der Waals surface area contributed by atoms with Crippen LogP contribution in [0.1, 0.15) is 52.9 Å². The zero-order valence-electron chi connectivity index (χ0n) is 23.4. The van der Waals surface area contributed by atoms with Crippen LogP contribution in [0.25, 0.3) is 0 Å². The molecule has 1 saturated carbocycles. The third-order valence-electron chi connectivity index (χ3n) is 7.82. The monoisotopic (exact) mass is 632 g/mol. The van der Waals surface area contributed by atoms with Gasteiger partial charge in [0.1, 0.15) is 12.1 Å². The first kappa shape index (κ1) is 33.6. The number of alkyl halides is 5. The van der Waals surface area contributed by atoms with Gasteiger partial charge in [0, 0.05) is 31.2 Å². The van der Waals surface area contributed by atoms with E-state index in [9.17, 15) is 45.2 Å². The number of hydrogen-bond donors (Lipinski definition) is 3. The number of sulfone groups is 1. The summed E-state index contributed by atoms with van der Waals surface area (Å²) in [6.07, 6.45) is -5.38. The van der Waals surface area contributed by atoms with Crippen molar-refractivity contribution in [1.29, 1.82) is 0 Å². The molecule has 0 aromatic rings. The smallest absolute Gasteiger partial charge is 0.356 e. The van der Waals surface area contributed by atoms with Crippen molar-refractivity contribution in [2.45, 2.75) is 89.1 Å². The normalized spacial score (nSPS) is 27.7. The number of hydrogen-bond acceptors (Lipinski definition) is 6. The third kappa shape index (κ3) is 7.37. The van der Waals surface area contributed by atoms with E-state index in [1.807, 2.05) is 0 Å². The average molecular weight is 633 g/mol. The Labute approximate surface area is 238 Å². The van der Waals surface area contributed by atoms with E-state index in [0.29, 0.717) is 12.3 Å². The van der Waals surface area contributed by atoms with Crippen LogP contribution in [0.2, 0.25) is 0 Å². The molecule has 238 valence electrons. The molecule has 0 spiro atoms. The van der Waals surface area contributed by atoms with E-state index in [1.165, 1.54) is 20.8 Å². The number of halogens is 6. The van der Waals surface area contributed by atoms with Gasteiger partial charge in [0.25, 0.3) is 5.92 Å². The first-order valence-corrected chi connectivity index (χ1v) is 15.2. The second kappa shape index (κ2) is 11.7. The summed E-state index contributed by atoms with van der Waals surface area (Å²) in [7, 11) is -4.38. The summed E-state index contributed by atoms with van der Waals surface area (Å²) in [6, 6.07) is -6.56. The molecule has 17 heteroatoms. The molecule has 3 aliphatic heterocycles. The van der Waals surface area contributed by atoms with E-state index in [1.54, 1.807) is 5.32 Å². The van der Waals surface area contributed by atoms with Crippen LogP contribution in [-0.2, 0) is 29.0 Å². The minimum absolute atomic E-state index is 0.00808. The van der Waals surface area contributed by atoms with Crippen LogP contribution in [-0.4, -0.2) is 86.0 Å². The molecule has 4 aliphatic rings. The van der Waals surface area contributed by atoms with Gasteiger partial charge in [0.05, 0.1) is 12.0 Å². The minimum Gasteiger partial charge on any atom is -0.356 e. The molecule has 1 aliphatic carbocycles. The molecule has 10 nitrogen and oxygen atoms in total. The molecule has 4 fully saturated rings. The fourth-order valence-electron chi connectivity index (χ4n) is 5.73. The zero-order valence-corrected chi connectivity index (χ0v) is 24.2. The van der Waals surface area contributed by atoms with Gasteiger partial charge in [-0.3, -0.25) is 19.2 Å². The summed E-state index contributed by atoms with van der Waals surface area (Å²) in [5.41, 5.74) is -1.35. The van der Waals surface area contributed by atoms with Crippen LogP contribution in [0.4, 0.5) is 26.3 Å². The summed E-state index contributed by atoms with van der Waals surface area (Å²) in [5.74, 6) is -11.3. The van der Waals surface area contributed by atoms with Gasteiger partial charge in [-0.1, -0.05) is 20.8 Å². The number of nitrogens with zero attached hydrogens (tertiary/aromatic N) is 1. The second-order valence-electron chi connectivity index (χ2n) is 12.1. The quantitative estimate of drug-likeness (QED) is 0.350. The van der Waals surface area contributed by atoms with E-state index in [4.69, 9.17) is 0 Å². The van der Waals surface area contributed by atoms with Crippen molar-refractivity contribution < 1.29 is 53.9 Å². The Morgan fingerprint density at radius 3 is 2.21 bits per heavy atom. The largest absolute Gasteiger partial charge is 0.471 e. The number of carbonyl (C=O) groups excluding carboxylic acids is 4. The summed E-state index contributed by atoms with van der Waals surface area (Å²) in [5, 5.41) is 4.81. The molecule has 4 amide bonds. The van der Waals surface area contributed by atoms with Crippen molar-refractivity contribution in [1.82, 2.24) is 20.9 Å².